The molecule has 2 aromatic carbocycles. The van der Waals surface area contributed by atoms with E-state index < -0.39 is 0 Å². The summed E-state index contributed by atoms with van der Waals surface area (Å²) >= 11 is 0. The SMILES string of the molecule is COc1ccc(C(N)c2cccc(OC)c2OC)cc1. The van der Waals surface area contributed by atoms with Crippen LogP contribution in [0.3, 0.4) is 0 Å². The van der Waals surface area contributed by atoms with Crippen LogP contribution in [0.5, 0.6) is 17.2 Å². The van der Waals surface area contributed by atoms with Gasteiger partial charge < -0.3 is 19.9 Å². The van der Waals surface area contributed by atoms with Crippen LogP contribution < -0.4 is 19.9 Å². The fourth-order valence-corrected chi connectivity index (χ4v) is 2.15. The highest BCUT2D eigenvalue weighted by atomic mass is 16.5. The maximum atomic E-state index is 6.33. The fraction of sp³-hybridized carbons (Fsp3) is 0.250. The maximum absolute atomic E-state index is 6.33. The van der Waals surface area contributed by atoms with Crippen molar-refractivity contribution in [2.45, 2.75) is 6.04 Å². The van der Waals surface area contributed by atoms with Crippen LogP contribution in [0.2, 0.25) is 0 Å². The van der Waals surface area contributed by atoms with Gasteiger partial charge in [-0.2, -0.15) is 0 Å². The minimum Gasteiger partial charge on any atom is -0.497 e. The lowest BCUT2D eigenvalue weighted by Gasteiger charge is -2.18. The number of para-hydroxylation sites is 1. The molecule has 0 amide bonds. The van der Waals surface area contributed by atoms with Crippen LogP contribution in [0.4, 0.5) is 0 Å². The number of methoxy groups -OCH3 is 3. The predicted octanol–water partition coefficient (Wildman–Crippen LogP) is 2.76. The zero-order valence-corrected chi connectivity index (χ0v) is 11.9. The van der Waals surface area contributed by atoms with Gasteiger partial charge in [0.15, 0.2) is 11.5 Å². The van der Waals surface area contributed by atoms with Crippen LogP contribution in [-0.4, -0.2) is 21.3 Å². The normalized spacial score (nSPS) is 11.8. The van der Waals surface area contributed by atoms with Crippen LogP contribution >= 0.6 is 0 Å². The van der Waals surface area contributed by atoms with E-state index in [0.717, 1.165) is 16.9 Å². The van der Waals surface area contributed by atoms with E-state index in [4.69, 9.17) is 19.9 Å². The van der Waals surface area contributed by atoms with E-state index in [1.807, 2.05) is 42.5 Å². The Morgan fingerprint density at radius 3 is 2.10 bits per heavy atom. The zero-order valence-electron chi connectivity index (χ0n) is 11.9. The summed E-state index contributed by atoms with van der Waals surface area (Å²) in [4.78, 5) is 0. The Kier molecular flexibility index (Phi) is 4.48. The summed E-state index contributed by atoms with van der Waals surface area (Å²) in [5, 5.41) is 0. The van der Waals surface area contributed by atoms with Crippen molar-refractivity contribution in [2.75, 3.05) is 21.3 Å². The van der Waals surface area contributed by atoms with Crippen LogP contribution in [0, 0.1) is 0 Å². The van der Waals surface area contributed by atoms with Crippen molar-refractivity contribution in [1.29, 1.82) is 0 Å². The van der Waals surface area contributed by atoms with Crippen molar-refractivity contribution in [3.05, 3.63) is 53.6 Å². The van der Waals surface area contributed by atoms with Crippen LogP contribution in [-0.2, 0) is 0 Å². The fourth-order valence-electron chi connectivity index (χ4n) is 2.15. The molecule has 2 rings (SSSR count). The summed E-state index contributed by atoms with van der Waals surface area (Å²) in [5.74, 6) is 2.14. The molecule has 0 aromatic heterocycles. The second kappa shape index (κ2) is 6.30. The quantitative estimate of drug-likeness (QED) is 0.910. The Bertz CT molecular complexity index is 566. The average Bonchev–Trinajstić information content (AvgIpc) is 2.53. The molecule has 1 atom stereocenters. The van der Waals surface area contributed by atoms with E-state index in [1.54, 1.807) is 21.3 Å². The first-order valence-corrected chi connectivity index (χ1v) is 6.31. The topological polar surface area (TPSA) is 53.7 Å². The molecule has 0 aliphatic heterocycles. The van der Waals surface area contributed by atoms with Crippen molar-refractivity contribution in [1.82, 2.24) is 0 Å². The van der Waals surface area contributed by atoms with Crippen LogP contribution in [0.15, 0.2) is 42.5 Å². The highest BCUT2D eigenvalue weighted by Gasteiger charge is 2.17. The Morgan fingerprint density at radius 2 is 1.55 bits per heavy atom. The molecule has 4 nitrogen and oxygen atoms in total. The highest BCUT2D eigenvalue weighted by molar-refractivity contribution is 5.50. The van der Waals surface area contributed by atoms with E-state index in [2.05, 4.69) is 0 Å². The largest absolute Gasteiger partial charge is 0.497 e. The first kappa shape index (κ1) is 14.2. The van der Waals surface area contributed by atoms with E-state index in [0.29, 0.717) is 11.5 Å². The molecule has 0 saturated carbocycles. The number of rotatable bonds is 5. The molecular formula is C16H19NO3. The van der Waals surface area contributed by atoms with Gasteiger partial charge in [-0.15, -0.1) is 0 Å². The van der Waals surface area contributed by atoms with Crippen LogP contribution in [0.1, 0.15) is 17.2 Å². The second-order valence-electron chi connectivity index (χ2n) is 4.33. The van der Waals surface area contributed by atoms with Crippen molar-refractivity contribution in [3.8, 4) is 17.2 Å². The second-order valence-corrected chi connectivity index (χ2v) is 4.33. The smallest absolute Gasteiger partial charge is 0.165 e. The van der Waals surface area contributed by atoms with Gasteiger partial charge in [0.1, 0.15) is 5.75 Å². The molecule has 0 heterocycles. The molecule has 0 fully saturated rings. The summed E-state index contributed by atoms with van der Waals surface area (Å²) in [6.45, 7) is 0. The molecule has 20 heavy (non-hydrogen) atoms. The van der Waals surface area contributed by atoms with Gasteiger partial charge in [-0.1, -0.05) is 24.3 Å². The molecule has 0 aliphatic rings. The van der Waals surface area contributed by atoms with E-state index >= 15 is 0 Å². The van der Waals surface area contributed by atoms with Gasteiger partial charge >= 0.3 is 0 Å². The molecule has 4 heteroatoms. The van der Waals surface area contributed by atoms with Crippen molar-refractivity contribution >= 4 is 0 Å². The molecule has 2 N–H and O–H groups in total. The predicted molar refractivity (Wildman–Crippen MR) is 78.6 cm³/mol. The molecule has 0 spiro atoms. The molecule has 106 valence electrons. The van der Waals surface area contributed by atoms with Gasteiger partial charge in [0.25, 0.3) is 0 Å². The van der Waals surface area contributed by atoms with Crippen molar-refractivity contribution in [3.63, 3.8) is 0 Å². The Labute approximate surface area is 119 Å². The summed E-state index contributed by atoms with van der Waals surface area (Å²) in [6, 6.07) is 13.1. The Balaban J connectivity index is 2.39. The first-order valence-electron chi connectivity index (χ1n) is 6.31. The Morgan fingerprint density at radius 1 is 0.850 bits per heavy atom. The third kappa shape index (κ3) is 2.70. The van der Waals surface area contributed by atoms with Gasteiger partial charge in [-0.05, 0) is 23.8 Å². The molecule has 0 bridgehead atoms. The molecule has 0 saturated heterocycles. The third-order valence-corrected chi connectivity index (χ3v) is 3.24. The number of nitrogens with two attached hydrogens (primary N) is 1. The Hall–Kier alpha value is -2.20. The standard InChI is InChI=1S/C16H19NO3/c1-18-12-9-7-11(8-10-12)15(17)13-5-4-6-14(19-2)16(13)20-3/h4-10,15H,17H2,1-3H3. The number of hydrogen-bond acceptors (Lipinski definition) is 4. The van der Waals surface area contributed by atoms with E-state index in [9.17, 15) is 0 Å². The minimum atomic E-state index is -0.286. The van der Waals surface area contributed by atoms with Gasteiger partial charge in [0, 0.05) is 5.56 Å². The summed E-state index contributed by atoms with van der Waals surface area (Å²) in [6.07, 6.45) is 0. The molecular weight excluding hydrogens is 254 g/mol. The van der Waals surface area contributed by atoms with Crippen molar-refractivity contribution in [2.24, 2.45) is 5.73 Å². The first-order chi connectivity index (χ1) is 9.71. The summed E-state index contributed by atoms with van der Waals surface area (Å²) in [5.41, 5.74) is 8.20. The van der Waals surface area contributed by atoms with Gasteiger partial charge in [-0.25, -0.2) is 0 Å². The highest BCUT2D eigenvalue weighted by Crippen LogP contribution is 2.36. The van der Waals surface area contributed by atoms with Crippen molar-refractivity contribution < 1.29 is 14.2 Å². The average molecular weight is 273 g/mol. The maximum Gasteiger partial charge on any atom is 0.165 e. The third-order valence-electron chi connectivity index (χ3n) is 3.24. The van der Waals surface area contributed by atoms with Gasteiger partial charge in [-0.3, -0.25) is 0 Å². The zero-order chi connectivity index (χ0) is 14.5. The number of hydrogen-bond donors (Lipinski definition) is 1. The molecule has 2 aromatic rings. The monoisotopic (exact) mass is 273 g/mol. The lowest BCUT2D eigenvalue weighted by molar-refractivity contribution is 0.350. The molecule has 1 unspecified atom stereocenters. The number of ether oxygens (including phenoxy) is 3. The lowest BCUT2D eigenvalue weighted by atomic mass is 9.98. The summed E-state index contributed by atoms with van der Waals surface area (Å²) in [7, 11) is 4.86. The van der Waals surface area contributed by atoms with E-state index in [1.165, 1.54) is 0 Å². The lowest BCUT2D eigenvalue weighted by Crippen LogP contribution is -2.13. The summed E-state index contributed by atoms with van der Waals surface area (Å²) < 4.78 is 15.9. The molecule has 0 radical (unpaired) electrons. The van der Waals surface area contributed by atoms with Crippen LogP contribution in [0.25, 0.3) is 0 Å². The van der Waals surface area contributed by atoms with E-state index in [-0.39, 0.29) is 6.04 Å². The minimum absolute atomic E-state index is 0.286. The van der Waals surface area contributed by atoms with Gasteiger partial charge in [0.2, 0.25) is 0 Å². The van der Waals surface area contributed by atoms with Gasteiger partial charge in [0.05, 0.1) is 27.4 Å². The number of benzene rings is 2. The molecule has 0 aliphatic carbocycles.